The Labute approximate surface area is 81.5 Å². The molecule has 2 rings (SSSR count). The summed E-state index contributed by atoms with van der Waals surface area (Å²) in [5, 5.41) is 14.5. The molecule has 0 radical (unpaired) electrons. The Balaban J connectivity index is 2.62. The predicted octanol–water partition coefficient (Wildman–Crippen LogP) is 1.03. The van der Waals surface area contributed by atoms with Crippen molar-refractivity contribution in [3.05, 3.63) is 11.3 Å². The fourth-order valence-electron chi connectivity index (χ4n) is 1.48. The average molecular weight is 221 g/mol. The molecule has 82 valence electrons. The normalized spacial score (nSPS) is 14.9. The summed E-state index contributed by atoms with van der Waals surface area (Å²) in [7, 11) is 0. The molecule has 0 aliphatic carbocycles. The quantitative estimate of drug-likeness (QED) is 0.743. The predicted molar refractivity (Wildman–Crippen MR) is 42.7 cm³/mol. The highest BCUT2D eigenvalue weighted by atomic mass is 19.4. The molecule has 1 aromatic rings. The number of hydrogen-bond acceptors (Lipinski definition) is 3. The van der Waals surface area contributed by atoms with Crippen molar-refractivity contribution >= 4 is 11.8 Å². The summed E-state index contributed by atoms with van der Waals surface area (Å²) >= 11 is 0. The van der Waals surface area contributed by atoms with Crippen LogP contribution in [0.4, 0.5) is 19.0 Å². The van der Waals surface area contributed by atoms with Gasteiger partial charge in [0.2, 0.25) is 0 Å². The average Bonchev–Trinajstić information content (AvgIpc) is 2.56. The van der Waals surface area contributed by atoms with E-state index in [2.05, 4.69) is 10.4 Å². The van der Waals surface area contributed by atoms with E-state index >= 15 is 0 Å². The highest BCUT2D eigenvalue weighted by Crippen LogP contribution is 2.35. The van der Waals surface area contributed by atoms with Gasteiger partial charge in [-0.15, -0.1) is 0 Å². The van der Waals surface area contributed by atoms with Gasteiger partial charge in [-0.2, -0.15) is 18.3 Å². The number of carboxylic acid groups (broad SMARTS) is 1. The molecule has 5 nitrogen and oxygen atoms in total. The fraction of sp³-hybridized carbons (Fsp3) is 0.429. The maximum Gasteiger partial charge on any atom is 0.436 e. The van der Waals surface area contributed by atoms with Crippen LogP contribution in [0.2, 0.25) is 0 Å². The Morgan fingerprint density at radius 2 is 2.20 bits per heavy atom. The van der Waals surface area contributed by atoms with Gasteiger partial charge in [0.25, 0.3) is 0 Å². The number of hydrogen-bond donors (Lipinski definition) is 2. The van der Waals surface area contributed by atoms with E-state index in [4.69, 9.17) is 5.11 Å². The second-order valence-corrected chi connectivity index (χ2v) is 3.03. The molecule has 0 unspecified atom stereocenters. The van der Waals surface area contributed by atoms with Gasteiger partial charge in [0.05, 0.1) is 6.54 Å². The molecular formula is C7H6F3N3O2. The summed E-state index contributed by atoms with van der Waals surface area (Å²) in [5.74, 6) is -1.70. The maximum atomic E-state index is 12.4. The van der Waals surface area contributed by atoms with Crippen molar-refractivity contribution in [1.82, 2.24) is 9.78 Å². The van der Waals surface area contributed by atoms with Crippen LogP contribution in [0.1, 0.15) is 16.1 Å². The molecule has 1 aliphatic rings. The van der Waals surface area contributed by atoms with Crippen LogP contribution in [0.5, 0.6) is 0 Å². The summed E-state index contributed by atoms with van der Waals surface area (Å²) in [6, 6.07) is 0. The van der Waals surface area contributed by atoms with E-state index in [0.717, 1.165) is 4.68 Å². The zero-order chi connectivity index (χ0) is 11.2. The van der Waals surface area contributed by atoms with Crippen molar-refractivity contribution in [3.8, 4) is 0 Å². The summed E-state index contributed by atoms with van der Waals surface area (Å²) < 4.78 is 38.2. The van der Waals surface area contributed by atoms with Crippen molar-refractivity contribution in [2.75, 3.05) is 11.9 Å². The summed E-state index contributed by atoms with van der Waals surface area (Å²) in [6.07, 6.45) is -4.74. The van der Waals surface area contributed by atoms with Gasteiger partial charge in [0, 0.05) is 6.54 Å². The number of fused-ring (bicyclic) bond motifs is 1. The number of carbonyl (C=O) groups is 1. The SMILES string of the molecule is O=C(O)c1c(C(F)(F)F)nn2c1NCC2. The molecule has 0 fully saturated rings. The third kappa shape index (κ3) is 1.41. The number of anilines is 1. The third-order valence-corrected chi connectivity index (χ3v) is 2.05. The van der Waals surface area contributed by atoms with Gasteiger partial charge in [-0.25, -0.2) is 9.48 Å². The first-order chi connectivity index (χ1) is 6.91. The van der Waals surface area contributed by atoms with E-state index in [-0.39, 0.29) is 12.4 Å². The van der Waals surface area contributed by atoms with Crippen molar-refractivity contribution in [2.45, 2.75) is 12.7 Å². The lowest BCUT2D eigenvalue weighted by atomic mass is 10.2. The van der Waals surface area contributed by atoms with Gasteiger partial charge >= 0.3 is 12.1 Å². The number of carboxylic acids is 1. The molecule has 2 heterocycles. The number of alkyl halides is 3. The number of nitrogens with one attached hydrogen (secondary N) is 1. The number of rotatable bonds is 1. The first kappa shape index (κ1) is 9.81. The lowest BCUT2D eigenvalue weighted by Gasteiger charge is -2.04. The Hall–Kier alpha value is -1.73. The third-order valence-electron chi connectivity index (χ3n) is 2.05. The zero-order valence-electron chi connectivity index (χ0n) is 7.30. The lowest BCUT2D eigenvalue weighted by molar-refractivity contribution is -0.142. The van der Waals surface area contributed by atoms with Gasteiger partial charge in [-0.05, 0) is 0 Å². The molecule has 0 aromatic carbocycles. The molecule has 0 bridgehead atoms. The van der Waals surface area contributed by atoms with E-state index < -0.39 is 23.4 Å². The Bertz CT molecular complexity index is 424. The number of halogens is 3. The number of nitrogens with zero attached hydrogens (tertiary/aromatic N) is 2. The summed E-state index contributed by atoms with van der Waals surface area (Å²) in [6.45, 7) is 0.631. The van der Waals surface area contributed by atoms with Gasteiger partial charge < -0.3 is 10.4 Å². The minimum absolute atomic E-state index is 0.0742. The lowest BCUT2D eigenvalue weighted by Crippen LogP contribution is -2.14. The van der Waals surface area contributed by atoms with Gasteiger partial charge in [0.15, 0.2) is 5.69 Å². The molecule has 1 aliphatic heterocycles. The molecule has 0 spiro atoms. The largest absolute Gasteiger partial charge is 0.477 e. The van der Waals surface area contributed by atoms with Crippen LogP contribution in [0.25, 0.3) is 0 Å². The second kappa shape index (κ2) is 2.88. The Kier molecular flexibility index (Phi) is 1.88. The maximum absolute atomic E-state index is 12.4. The topological polar surface area (TPSA) is 67.1 Å². The fourth-order valence-corrected chi connectivity index (χ4v) is 1.48. The van der Waals surface area contributed by atoms with E-state index in [1.165, 1.54) is 0 Å². The second-order valence-electron chi connectivity index (χ2n) is 3.03. The molecule has 0 amide bonds. The van der Waals surface area contributed by atoms with Crippen molar-refractivity contribution < 1.29 is 23.1 Å². The van der Waals surface area contributed by atoms with Crippen LogP contribution in [-0.4, -0.2) is 27.4 Å². The molecule has 0 atom stereocenters. The van der Waals surface area contributed by atoms with E-state index in [1.54, 1.807) is 0 Å². The minimum Gasteiger partial charge on any atom is -0.477 e. The van der Waals surface area contributed by atoms with Crippen molar-refractivity contribution in [1.29, 1.82) is 0 Å². The monoisotopic (exact) mass is 221 g/mol. The molecule has 2 N–H and O–H groups in total. The number of aromatic carboxylic acids is 1. The van der Waals surface area contributed by atoms with Crippen molar-refractivity contribution in [2.24, 2.45) is 0 Å². The van der Waals surface area contributed by atoms with Gasteiger partial charge in [0.1, 0.15) is 11.4 Å². The highest BCUT2D eigenvalue weighted by molar-refractivity contribution is 5.95. The van der Waals surface area contributed by atoms with Crippen molar-refractivity contribution in [3.63, 3.8) is 0 Å². The van der Waals surface area contributed by atoms with Crippen LogP contribution in [-0.2, 0) is 12.7 Å². The smallest absolute Gasteiger partial charge is 0.436 e. The highest BCUT2D eigenvalue weighted by Gasteiger charge is 2.42. The van der Waals surface area contributed by atoms with Crippen LogP contribution in [0.15, 0.2) is 0 Å². The first-order valence-corrected chi connectivity index (χ1v) is 4.06. The van der Waals surface area contributed by atoms with Gasteiger partial charge in [-0.1, -0.05) is 0 Å². The Morgan fingerprint density at radius 3 is 2.73 bits per heavy atom. The number of aromatic nitrogens is 2. The molecule has 1 aromatic heterocycles. The van der Waals surface area contributed by atoms with Crippen LogP contribution in [0.3, 0.4) is 0 Å². The minimum atomic E-state index is -4.74. The van der Waals surface area contributed by atoms with Gasteiger partial charge in [-0.3, -0.25) is 0 Å². The standard InChI is InChI=1S/C7H6F3N3O2/c8-7(9,10)4-3(6(14)15)5-11-1-2-13(5)12-4/h11H,1-2H2,(H,14,15). The van der Waals surface area contributed by atoms with Crippen LogP contribution in [0, 0.1) is 0 Å². The summed E-state index contributed by atoms with van der Waals surface area (Å²) in [5.41, 5.74) is -2.16. The molecular weight excluding hydrogens is 215 g/mol. The first-order valence-electron chi connectivity index (χ1n) is 4.06. The van der Waals surface area contributed by atoms with E-state index in [9.17, 15) is 18.0 Å². The Morgan fingerprint density at radius 1 is 1.53 bits per heavy atom. The zero-order valence-corrected chi connectivity index (χ0v) is 7.30. The molecule has 15 heavy (non-hydrogen) atoms. The molecule has 8 heteroatoms. The molecule has 0 saturated carbocycles. The summed E-state index contributed by atoms with van der Waals surface area (Å²) in [4.78, 5) is 10.7. The molecule has 0 saturated heterocycles. The van der Waals surface area contributed by atoms with Crippen LogP contribution >= 0.6 is 0 Å². The van der Waals surface area contributed by atoms with Crippen LogP contribution < -0.4 is 5.32 Å². The van der Waals surface area contributed by atoms with E-state index in [0.29, 0.717) is 6.54 Å². The van der Waals surface area contributed by atoms with E-state index in [1.807, 2.05) is 0 Å².